The van der Waals surface area contributed by atoms with Gasteiger partial charge in [-0.1, -0.05) is 0 Å². The van der Waals surface area contributed by atoms with Crippen LogP contribution in [-0.4, -0.2) is 53.0 Å². The fraction of sp³-hybridized carbons (Fsp3) is 0.533. The predicted octanol–water partition coefficient (Wildman–Crippen LogP) is 0.704. The molecule has 1 fully saturated rings. The number of nitrogens with zero attached hydrogens (tertiary/aromatic N) is 5. The van der Waals surface area contributed by atoms with E-state index in [1.54, 1.807) is 24.1 Å². The zero-order chi connectivity index (χ0) is 17.3. The van der Waals surface area contributed by atoms with Crippen molar-refractivity contribution in [1.29, 1.82) is 5.26 Å². The molecule has 3 rings (SSSR count). The largest absolute Gasteiger partial charge is 0.384 e. The number of sulfone groups is 1. The van der Waals surface area contributed by atoms with E-state index in [0.29, 0.717) is 36.7 Å². The molecular formula is C15H19N5O3S. The van der Waals surface area contributed by atoms with E-state index in [-0.39, 0.29) is 17.5 Å². The number of methoxy groups -OCH3 is 1. The van der Waals surface area contributed by atoms with Gasteiger partial charge in [-0.3, -0.25) is 0 Å². The Hall–Kier alpha value is -2.18. The van der Waals surface area contributed by atoms with Crippen LogP contribution < -0.4 is 0 Å². The maximum Gasteiger partial charge on any atom is 0.175 e. The lowest BCUT2D eigenvalue weighted by Gasteiger charge is -2.12. The number of hydrogen-bond donors (Lipinski definition) is 0. The van der Waals surface area contributed by atoms with Gasteiger partial charge in [0, 0.05) is 26.8 Å². The van der Waals surface area contributed by atoms with E-state index in [1.165, 1.54) is 0 Å². The van der Waals surface area contributed by atoms with Crippen LogP contribution in [0.3, 0.4) is 0 Å². The van der Waals surface area contributed by atoms with Crippen molar-refractivity contribution < 1.29 is 13.2 Å². The van der Waals surface area contributed by atoms with Crippen molar-refractivity contribution >= 4 is 9.84 Å². The fourth-order valence-electron chi connectivity index (χ4n) is 2.91. The maximum absolute atomic E-state index is 11.8. The van der Waals surface area contributed by atoms with Crippen molar-refractivity contribution in [3.8, 4) is 17.6 Å². The Morgan fingerprint density at radius 1 is 1.50 bits per heavy atom. The third kappa shape index (κ3) is 3.20. The van der Waals surface area contributed by atoms with Crippen LogP contribution in [0.1, 0.15) is 23.9 Å². The lowest BCUT2D eigenvalue weighted by molar-refractivity contribution is 0.200. The van der Waals surface area contributed by atoms with Crippen LogP contribution in [0.5, 0.6) is 0 Å². The molecule has 1 aliphatic heterocycles. The van der Waals surface area contributed by atoms with Crippen molar-refractivity contribution in [3.05, 3.63) is 23.7 Å². The molecule has 0 amide bonds. The minimum absolute atomic E-state index is 0.0720. The highest BCUT2D eigenvalue weighted by atomic mass is 32.2. The smallest absolute Gasteiger partial charge is 0.175 e. The van der Waals surface area contributed by atoms with E-state index < -0.39 is 9.84 Å². The van der Waals surface area contributed by atoms with Gasteiger partial charge in [-0.15, -0.1) is 0 Å². The second-order valence-electron chi connectivity index (χ2n) is 5.93. The average molecular weight is 349 g/mol. The highest BCUT2D eigenvalue weighted by molar-refractivity contribution is 7.91. The Morgan fingerprint density at radius 3 is 2.88 bits per heavy atom. The molecule has 2 aromatic heterocycles. The summed E-state index contributed by atoms with van der Waals surface area (Å²) in [6.45, 7) is 0.489. The fourth-order valence-corrected chi connectivity index (χ4v) is 4.60. The number of aromatic nitrogens is 4. The molecule has 128 valence electrons. The first-order valence-electron chi connectivity index (χ1n) is 7.65. The van der Waals surface area contributed by atoms with Crippen molar-refractivity contribution in [1.82, 2.24) is 19.3 Å². The quantitative estimate of drug-likeness (QED) is 0.787. The number of hydrogen-bond acceptors (Lipinski definition) is 6. The topological polar surface area (TPSA) is 103 Å². The van der Waals surface area contributed by atoms with Gasteiger partial charge in [0.05, 0.1) is 35.4 Å². The zero-order valence-electron chi connectivity index (χ0n) is 13.6. The van der Waals surface area contributed by atoms with Crippen LogP contribution in [0.25, 0.3) is 11.5 Å². The number of ether oxygens (including phenoxy) is 1. The third-order valence-electron chi connectivity index (χ3n) is 4.12. The summed E-state index contributed by atoms with van der Waals surface area (Å²) >= 11 is 0. The Labute approximate surface area is 140 Å². The Morgan fingerprint density at radius 2 is 2.29 bits per heavy atom. The predicted molar refractivity (Wildman–Crippen MR) is 87.0 cm³/mol. The number of aryl methyl sites for hydroxylation is 1. The molecule has 0 spiro atoms. The first-order chi connectivity index (χ1) is 11.4. The van der Waals surface area contributed by atoms with Crippen molar-refractivity contribution in [2.45, 2.75) is 18.9 Å². The van der Waals surface area contributed by atoms with Gasteiger partial charge < -0.3 is 9.30 Å². The normalized spacial score (nSPS) is 19.5. The highest BCUT2D eigenvalue weighted by Crippen LogP contribution is 2.29. The molecule has 0 unspecified atom stereocenters. The van der Waals surface area contributed by atoms with E-state index >= 15 is 0 Å². The first kappa shape index (κ1) is 16.7. The number of rotatable bonds is 5. The molecule has 1 atom stereocenters. The molecule has 8 nitrogen and oxygen atoms in total. The van der Waals surface area contributed by atoms with Crippen molar-refractivity contribution in [2.75, 3.05) is 25.2 Å². The molecule has 0 aromatic carbocycles. The van der Waals surface area contributed by atoms with Gasteiger partial charge in [0.15, 0.2) is 21.5 Å². The summed E-state index contributed by atoms with van der Waals surface area (Å²) in [5, 5.41) is 13.6. The second kappa shape index (κ2) is 6.37. The summed E-state index contributed by atoms with van der Waals surface area (Å²) < 4.78 is 32.2. The summed E-state index contributed by atoms with van der Waals surface area (Å²) in [6.07, 6.45) is 2.79. The zero-order valence-corrected chi connectivity index (χ0v) is 14.5. The van der Waals surface area contributed by atoms with E-state index in [4.69, 9.17) is 10.00 Å². The summed E-state index contributed by atoms with van der Waals surface area (Å²) in [4.78, 5) is 4.57. The Balaban J connectivity index is 2.04. The molecular weight excluding hydrogens is 330 g/mol. The Bertz CT molecular complexity index is 891. The summed E-state index contributed by atoms with van der Waals surface area (Å²) in [5.74, 6) is 1.44. The molecule has 0 aliphatic carbocycles. The molecule has 0 radical (unpaired) electrons. The van der Waals surface area contributed by atoms with Crippen LogP contribution in [0.4, 0.5) is 0 Å². The van der Waals surface area contributed by atoms with Gasteiger partial charge in [0.25, 0.3) is 0 Å². The summed E-state index contributed by atoms with van der Waals surface area (Å²) in [5.41, 5.74) is 1.27. The molecule has 3 heterocycles. The van der Waals surface area contributed by atoms with Crippen LogP contribution >= 0.6 is 0 Å². The van der Waals surface area contributed by atoms with Crippen molar-refractivity contribution in [3.63, 3.8) is 0 Å². The third-order valence-corrected chi connectivity index (χ3v) is 5.87. The minimum atomic E-state index is -3.03. The van der Waals surface area contributed by atoms with Crippen molar-refractivity contribution in [2.24, 2.45) is 7.05 Å². The summed E-state index contributed by atoms with van der Waals surface area (Å²) in [7, 11) is 0.405. The van der Waals surface area contributed by atoms with E-state index in [9.17, 15) is 8.42 Å². The van der Waals surface area contributed by atoms with Crippen LogP contribution in [0.2, 0.25) is 0 Å². The van der Waals surface area contributed by atoms with Gasteiger partial charge in [0.2, 0.25) is 0 Å². The van der Waals surface area contributed by atoms with Crippen LogP contribution in [0.15, 0.2) is 12.3 Å². The molecule has 1 saturated heterocycles. The number of nitriles is 1. The van der Waals surface area contributed by atoms with Gasteiger partial charge in [0.1, 0.15) is 6.07 Å². The molecule has 24 heavy (non-hydrogen) atoms. The monoisotopic (exact) mass is 349 g/mol. The van der Waals surface area contributed by atoms with E-state index in [1.807, 2.05) is 11.6 Å². The molecule has 0 N–H and O–H groups in total. The lowest BCUT2D eigenvalue weighted by atomic mass is 10.2. The summed E-state index contributed by atoms with van der Waals surface area (Å²) in [6, 6.07) is 3.62. The average Bonchev–Trinajstić information content (AvgIpc) is 3.21. The first-order valence-corrected chi connectivity index (χ1v) is 9.47. The molecule has 9 heteroatoms. The lowest BCUT2D eigenvalue weighted by Crippen LogP contribution is -2.14. The van der Waals surface area contributed by atoms with Gasteiger partial charge in [-0.25, -0.2) is 18.1 Å². The van der Waals surface area contributed by atoms with Gasteiger partial charge >= 0.3 is 0 Å². The van der Waals surface area contributed by atoms with Crippen LogP contribution in [-0.2, 0) is 28.0 Å². The molecule has 2 aromatic rings. The van der Waals surface area contributed by atoms with E-state index in [2.05, 4.69) is 16.2 Å². The standard InChI is InChI=1S/C15H19N5O3S/c1-19-9-11(8-16)7-13(19)15-17-14(3-5-23-2)18-20(15)12-4-6-24(21,22)10-12/h7,9,12H,3-6,10H2,1-2H3/t12-/m1/s1. The molecule has 1 aliphatic rings. The SMILES string of the molecule is COCCc1nc(-c2cc(C#N)cn2C)n([C@@H]2CCS(=O)(=O)C2)n1. The minimum Gasteiger partial charge on any atom is -0.384 e. The molecule has 0 saturated carbocycles. The Kier molecular flexibility index (Phi) is 4.43. The second-order valence-corrected chi connectivity index (χ2v) is 8.16. The van der Waals surface area contributed by atoms with Crippen LogP contribution in [0, 0.1) is 11.3 Å². The molecule has 0 bridgehead atoms. The highest BCUT2D eigenvalue weighted by Gasteiger charge is 2.32. The van der Waals surface area contributed by atoms with E-state index in [0.717, 1.165) is 5.69 Å². The van der Waals surface area contributed by atoms with Gasteiger partial charge in [-0.2, -0.15) is 10.4 Å². The van der Waals surface area contributed by atoms with Gasteiger partial charge in [-0.05, 0) is 12.5 Å². The maximum atomic E-state index is 11.8.